The Morgan fingerprint density at radius 2 is 1.86 bits per heavy atom. The molecule has 254 valence electrons. The maximum absolute atomic E-state index is 14.4. The number of pyridine rings is 1. The van der Waals surface area contributed by atoms with E-state index in [-0.39, 0.29) is 35.6 Å². The number of anilines is 1. The standard InChI is InChI=1S/C37H41BrN8O3/c1-22-14-26(27-18-39-24(3)40-19-27)15-28-33(23(2)47)43-45(34(22)28)20-32(48)46-29-16-37(17-30(37)46)21-44(4)13-9-7-5-6-8-10-25-11-12-31(38)41-35(25)42-36(29)49/h6,8,11-12,14-15,18-19,29-30H,5,7,9-10,13,16-17,20-21H2,1-4H3,(H,41,42,49)/b8-6-/t29-,30+,37-/m0/s1. The fraction of sp³-hybridized carbons (Fsp3) is 0.432. The Hall–Kier alpha value is -4.29. The molecule has 1 aromatic carbocycles. The smallest absolute Gasteiger partial charge is 0.248 e. The molecular weight excluding hydrogens is 684 g/mol. The van der Waals surface area contributed by atoms with Crippen LogP contribution >= 0.6 is 15.9 Å². The van der Waals surface area contributed by atoms with E-state index in [0.717, 1.165) is 66.5 Å². The van der Waals surface area contributed by atoms with Gasteiger partial charge in [-0.05, 0) is 117 Å². The van der Waals surface area contributed by atoms with Crippen LogP contribution < -0.4 is 5.32 Å². The minimum absolute atomic E-state index is 0.0474. The third-order valence-electron chi connectivity index (χ3n) is 10.2. The van der Waals surface area contributed by atoms with E-state index in [1.54, 1.807) is 22.0 Å². The molecule has 0 radical (unpaired) electrons. The normalized spacial score (nSPS) is 23.5. The van der Waals surface area contributed by atoms with Gasteiger partial charge in [0, 0.05) is 48.3 Å². The summed E-state index contributed by atoms with van der Waals surface area (Å²) in [7, 11) is 2.14. The number of benzene rings is 1. The highest BCUT2D eigenvalue weighted by Gasteiger charge is 2.67. The lowest BCUT2D eigenvalue weighted by atomic mass is 9.98. The summed E-state index contributed by atoms with van der Waals surface area (Å²) in [6.45, 7) is 6.98. The van der Waals surface area contributed by atoms with Gasteiger partial charge in [0.2, 0.25) is 11.8 Å². The molecule has 5 heterocycles. The van der Waals surface area contributed by atoms with Crippen molar-refractivity contribution in [3.05, 3.63) is 76.1 Å². The van der Waals surface area contributed by atoms with Crippen LogP contribution in [0.4, 0.5) is 5.82 Å². The SMILES string of the molecule is CC(=O)c1nn(CC(=O)N2[C@H]3C[C@]4(C[C@@H]24)CN(C)CCCC/C=C\Cc2ccc(Br)nc2NC3=O)c2c(C)cc(-c3cnc(C)nc3)cc12. The summed E-state index contributed by atoms with van der Waals surface area (Å²) >= 11 is 3.46. The Labute approximate surface area is 294 Å². The minimum atomic E-state index is -0.653. The summed E-state index contributed by atoms with van der Waals surface area (Å²) < 4.78 is 2.27. The second kappa shape index (κ2) is 13.2. The molecule has 3 aromatic heterocycles. The van der Waals surface area contributed by atoms with Crippen molar-refractivity contribution in [1.29, 1.82) is 0 Å². The molecule has 49 heavy (non-hydrogen) atoms. The number of nitrogens with one attached hydrogen (secondary N) is 1. The van der Waals surface area contributed by atoms with E-state index in [1.165, 1.54) is 6.92 Å². The number of nitrogens with zero attached hydrogens (tertiary/aromatic N) is 7. The number of hydrogen-bond donors (Lipinski definition) is 1. The Morgan fingerprint density at radius 1 is 1.06 bits per heavy atom. The van der Waals surface area contributed by atoms with Gasteiger partial charge in [-0.15, -0.1) is 0 Å². The molecule has 2 amide bonds. The number of allylic oxidation sites excluding steroid dienone is 2. The fourth-order valence-corrected chi connectivity index (χ4v) is 8.10. The quantitative estimate of drug-likeness (QED) is 0.162. The van der Waals surface area contributed by atoms with Crippen LogP contribution in [0, 0.1) is 19.3 Å². The van der Waals surface area contributed by atoms with E-state index >= 15 is 0 Å². The molecule has 11 nitrogen and oxygen atoms in total. The van der Waals surface area contributed by atoms with Crippen molar-refractivity contribution >= 4 is 50.2 Å². The van der Waals surface area contributed by atoms with Crippen molar-refractivity contribution < 1.29 is 14.4 Å². The summed E-state index contributed by atoms with van der Waals surface area (Å²) in [4.78, 5) is 58.9. The predicted octanol–water partition coefficient (Wildman–Crippen LogP) is 5.68. The average molecular weight is 726 g/mol. The summed E-state index contributed by atoms with van der Waals surface area (Å²) in [5.74, 6) is 0.566. The van der Waals surface area contributed by atoms with Gasteiger partial charge in [-0.2, -0.15) is 5.10 Å². The molecule has 3 aliphatic rings. The molecule has 4 aromatic rings. The lowest BCUT2D eigenvalue weighted by molar-refractivity contribution is -0.138. The Balaban J connectivity index is 1.22. The zero-order valence-electron chi connectivity index (χ0n) is 28.4. The van der Waals surface area contributed by atoms with Crippen molar-refractivity contribution in [2.45, 2.75) is 77.9 Å². The monoisotopic (exact) mass is 724 g/mol. The zero-order chi connectivity index (χ0) is 34.4. The molecule has 2 aliphatic heterocycles. The third-order valence-corrected chi connectivity index (χ3v) is 10.7. The van der Waals surface area contributed by atoms with Crippen molar-refractivity contribution in [3.63, 3.8) is 0 Å². The number of amides is 2. The first kappa shape index (κ1) is 33.2. The molecular formula is C37H41BrN8O3. The highest BCUT2D eigenvalue weighted by atomic mass is 79.9. The molecule has 1 saturated heterocycles. The topological polar surface area (TPSA) is 126 Å². The van der Waals surface area contributed by atoms with E-state index in [4.69, 9.17) is 5.10 Å². The van der Waals surface area contributed by atoms with Gasteiger partial charge >= 0.3 is 0 Å². The number of aryl methyl sites for hydroxylation is 2. The number of fused-ring (bicyclic) bond motifs is 3. The molecule has 2 fully saturated rings. The molecule has 0 unspecified atom stereocenters. The van der Waals surface area contributed by atoms with Gasteiger partial charge in [-0.1, -0.05) is 18.2 Å². The summed E-state index contributed by atoms with van der Waals surface area (Å²) in [6, 6.07) is 7.08. The molecule has 1 N–H and O–H groups in total. The molecule has 12 heteroatoms. The van der Waals surface area contributed by atoms with Crippen molar-refractivity contribution in [2.24, 2.45) is 5.41 Å². The first-order valence-electron chi connectivity index (χ1n) is 16.9. The largest absolute Gasteiger partial charge is 0.325 e. The lowest BCUT2D eigenvalue weighted by Gasteiger charge is -2.27. The van der Waals surface area contributed by atoms with Gasteiger partial charge in [0.15, 0.2) is 5.78 Å². The van der Waals surface area contributed by atoms with Gasteiger partial charge in [0.1, 0.15) is 34.5 Å². The highest BCUT2D eigenvalue weighted by molar-refractivity contribution is 9.10. The molecule has 1 aliphatic carbocycles. The second-order valence-corrected chi connectivity index (χ2v) is 14.7. The lowest BCUT2D eigenvalue weighted by Crippen LogP contribution is -2.47. The van der Waals surface area contributed by atoms with Gasteiger partial charge in [0.25, 0.3) is 0 Å². The third kappa shape index (κ3) is 6.55. The van der Waals surface area contributed by atoms with E-state index < -0.39 is 6.04 Å². The second-order valence-electron chi connectivity index (χ2n) is 13.9. The first-order valence-corrected chi connectivity index (χ1v) is 17.7. The summed E-state index contributed by atoms with van der Waals surface area (Å²) in [5.41, 5.74) is 4.37. The van der Waals surface area contributed by atoms with Crippen molar-refractivity contribution in [1.82, 2.24) is 34.5 Å². The van der Waals surface area contributed by atoms with E-state index in [2.05, 4.69) is 60.3 Å². The highest BCUT2D eigenvalue weighted by Crippen LogP contribution is 2.60. The summed E-state index contributed by atoms with van der Waals surface area (Å²) in [5, 5.41) is 8.46. The van der Waals surface area contributed by atoms with Crippen LogP contribution in [0.5, 0.6) is 0 Å². The number of hydrogen-bond acceptors (Lipinski definition) is 8. The van der Waals surface area contributed by atoms with Crippen LogP contribution in [-0.2, 0) is 22.6 Å². The summed E-state index contributed by atoms with van der Waals surface area (Å²) in [6.07, 6.45) is 13.2. The maximum atomic E-state index is 14.4. The van der Waals surface area contributed by atoms with Crippen LogP contribution in [-0.4, -0.2) is 84.4 Å². The molecule has 2 bridgehead atoms. The van der Waals surface area contributed by atoms with Gasteiger partial charge in [0.05, 0.1) is 5.52 Å². The first-order chi connectivity index (χ1) is 23.5. The molecule has 7 rings (SSSR count). The van der Waals surface area contributed by atoms with Crippen molar-refractivity contribution in [3.8, 4) is 11.1 Å². The van der Waals surface area contributed by atoms with Crippen LogP contribution in [0.15, 0.2) is 53.4 Å². The van der Waals surface area contributed by atoms with Crippen molar-refractivity contribution in [2.75, 3.05) is 25.5 Å². The van der Waals surface area contributed by atoms with Crippen LogP contribution in [0.25, 0.3) is 22.0 Å². The number of likely N-dealkylation sites (tertiary alicyclic amines) is 1. The predicted molar refractivity (Wildman–Crippen MR) is 191 cm³/mol. The number of Topliss-reactive ketones (excluding diaryl/α,β-unsaturated/α-hetero) is 1. The van der Waals surface area contributed by atoms with Crippen LogP contribution in [0.3, 0.4) is 0 Å². The Morgan fingerprint density at radius 3 is 2.63 bits per heavy atom. The van der Waals surface area contributed by atoms with Gasteiger partial charge in [-0.25, -0.2) is 15.0 Å². The van der Waals surface area contributed by atoms with E-state index in [0.29, 0.717) is 40.2 Å². The fourth-order valence-electron chi connectivity index (χ4n) is 7.79. The average Bonchev–Trinajstić information content (AvgIpc) is 3.44. The number of aromatic nitrogens is 5. The van der Waals surface area contributed by atoms with Gasteiger partial charge < -0.3 is 15.1 Å². The Kier molecular flexibility index (Phi) is 8.95. The number of rotatable bonds is 4. The van der Waals surface area contributed by atoms with E-state index in [9.17, 15) is 14.4 Å². The number of ketones is 1. The number of halogens is 1. The molecule has 3 atom stereocenters. The number of carbonyl (C=O) groups excluding carboxylic acids is 3. The zero-order valence-corrected chi connectivity index (χ0v) is 30.0. The molecule has 1 saturated carbocycles. The molecule has 1 spiro atoms. The van der Waals surface area contributed by atoms with Crippen LogP contribution in [0.2, 0.25) is 0 Å². The van der Waals surface area contributed by atoms with Gasteiger partial charge in [-0.3, -0.25) is 19.1 Å². The Bertz CT molecular complexity index is 1990. The van der Waals surface area contributed by atoms with E-state index in [1.807, 2.05) is 38.1 Å². The van der Waals surface area contributed by atoms with Crippen LogP contribution in [0.1, 0.15) is 66.5 Å². The number of carbonyl (C=O) groups is 3. The minimum Gasteiger partial charge on any atom is -0.325 e. The number of piperidine rings is 1. The maximum Gasteiger partial charge on any atom is 0.248 e.